The number of hydrogen-bond donors (Lipinski definition) is 1. The van der Waals surface area contributed by atoms with Crippen molar-refractivity contribution in [1.29, 1.82) is 0 Å². The zero-order chi connectivity index (χ0) is 12.1. The number of nitrogens with one attached hydrogen (secondary N) is 1. The molecule has 1 aliphatic heterocycles. The summed E-state index contributed by atoms with van der Waals surface area (Å²) in [7, 11) is 1.98. The molecular formula is C14H23N3. The van der Waals surface area contributed by atoms with Crippen molar-refractivity contribution in [3.63, 3.8) is 0 Å². The van der Waals surface area contributed by atoms with Gasteiger partial charge in [-0.15, -0.1) is 0 Å². The SMILES string of the molecule is CCCC1CCN(c2cc(CNC)ccn2)C1. The predicted octanol–water partition coefficient (Wildman–Crippen LogP) is 2.43. The average molecular weight is 233 g/mol. The highest BCUT2D eigenvalue weighted by Crippen LogP contribution is 2.25. The maximum atomic E-state index is 4.50. The molecule has 0 spiro atoms. The molecule has 1 fully saturated rings. The fraction of sp³-hybridized carbons (Fsp3) is 0.643. The highest BCUT2D eigenvalue weighted by atomic mass is 15.2. The van der Waals surface area contributed by atoms with Crippen molar-refractivity contribution in [2.75, 3.05) is 25.0 Å². The van der Waals surface area contributed by atoms with Crippen LogP contribution in [0.5, 0.6) is 0 Å². The molecule has 0 aliphatic carbocycles. The molecule has 3 nitrogen and oxygen atoms in total. The van der Waals surface area contributed by atoms with Crippen molar-refractivity contribution < 1.29 is 0 Å². The summed E-state index contributed by atoms with van der Waals surface area (Å²) in [5, 5.41) is 3.18. The summed E-state index contributed by atoms with van der Waals surface area (Å²) in [6.07, 6.45) is 5.90. The van der Waals surface area contributed by atoms with Gasteiger partial charge in [0.15, 0.2) is 0 Å². The number of aromatic nitrogens is 1. The van der Waals surface area contributed by atoms with E-state index in [-0.39, 0.29) is 0 Å². The summed E-state index contributed by atoms with van der Waals surface area (Å²) in [5.74, 6) is 2.02. The van der Waals surface area contributed by atoms with Crippen LogP contribution < -0.4 is 10.2 Å². The first-order valence-corrected chi connectivity index (χ1v) is 6.68. The highest BCUT2D eigenvalue weighted by Gasteiger charge is 2.22. The summed E-state index contributed by atoms with van der Waals surface area (Å²) in [4.78, 5) is 6.93. The summed E-state index contributed by atoms with van der Waals surface area (Å²) < 4.78 is 0. The average Bonchev–Trinajstić information content (AvgIpc) is 2.79. The third-order valence-corrected chi connectivity index (χ3v) is 3.50. The Bertz CT molecular complexity index is 351. The van der Waals surface area contributed by atoms with Gasteiger partial charge in [-0.2, -0.15) is 0 Å². The van der Waals surface area contributed by atoms with Crippen LogP contribution in [0.25, 0.3) is 0 Å². The first kappa shape index (κ1) is 12.4. The van der Waals surface area contributed by atoms with Crippen molar-refractivity contribution in [2.45, 2.75) is 32.7 Å². The Kier molecular flexibility index (Phi) is 4.37. The molecule has 0 amide bonds. The molecule has 0 radical (unpaired) electrons. The molecule has 3 heteroatoms. The van der Waals surface area contributed by atoms with E-state index in [0.29, 0.717) is 0 Å². The zero-order valence-electron chi connectivity index (χ0n) is 10.9. The highest BCUT2D eigenvalue weighted by molar-refractivity contribution is 5.42. The molecule has 1 saturated heterocycles. The molecule has 0 bridgehead atoms. The maximum Gasteiger partial charge on any atom is 0.128 e. The molecule has 17 heavy (non-hydrogen) atoms. The quantitative estimate of drug-likeness (QED) is 0.846. The lowest BCUT2D eigenvalue weighted by atomic mass is 10.0. The first-order valence-electron chi connectivity index (χ1n) is 6.68. The van der Waals surface area contributed by atoms with Crippen LogP contribution in [0.4, 0.5) is 5.82 Å². The van der Waals surface area contributed by atoms with Crippen molar-refractivity contribution in [2.24, 2.45) is 5.92 Å². The van der Waals surface area contributed by atoms with E-state index in [1.807, 2.05) is 13.2 Å². The molecule has 1 atom stereocenters. The predicted molar refractivity (Wildman–Crippen MR) is 72.2 cm³/mol. The van der Waals surface area contributed by atoms with Crippen LogP contribution >= 0.6 is 0 Å². The molecule has 94 valence electrons. The lowest BCUT2D eigenvalue weighted by Gasteiger charge is -2.18. The molecule has 2 rings (SSSR count). The monoisotopic (exact) mass is 233 g/mol. The topological polar surface area (TPSA) is 28.2 Å². The van der Waals surface area contributed by atoms with E-state index in [2.05, 4.69) is 34.3 Å². The van der Waals surface area contributed by atoms with Crippen molar-refractivity contribution in [3.8, 4) is 0 Å². The number of pyridine rings is 1. The summed E-state index contributed by atoms with van der Waals surface area (Å²) in [6, 6.07) is 4.30. The lowest BCUT2D eigenvalue weighted by molar-refractivity contribution is 0.529. The van der Waals surface area contributed by atoms with Crippen LogP contribution in [0, 0.1) is 5.92 Å². The van der Waals surface area contributed by atoms with E-state index in [0.717, 1.165) is 18.3 Å². The Morgan fingerprint density at radius 2 is 2.41 bits per heavy atom. The van der Waals surface area contributed by atoms with Gasteiger partial charge in [-0.25, -0.2) is 4.98 Å². The summed E-state index contributed by atoms with van der Waals surface area (Å²) in [6.45, 7) is 5.54. The smallest absolute Gasteiger partial charge is 0.128 e. The van der Waals surface area contributed by atoms with Crippen LogP contribution in [-0.2, 0) is 6.54 Å². The zero-order valence-corrected chi connectivity index (χ0v) is 10.9. The molecule has 1 aliphatic rings. The van der Waals surface area contributed by atoms with Crippen molar-refractivity contribution in [3.05, 3.63) is 23.9 Å². The van der Waals surface area contributed by atoms with E-state index < -0.39 is 0 Å². The van der Waals surface area contributed by atoms with Gasteiger partial charge < -0.3 is 10.2 Å². The molecule has 2 heterocycles. The largest absolute Gasteiger partial charge is 0.356 e. The minimum absolute atomic E-state index is 0.870. The molecule has 1 aromatic heterocycles. The van der Waals surface area contributed by atoms with E-state index >= 15 is 0 Å². The number of rotatable bonds is 5. The van der Waals surface area contributed by atoms with Gasteiger partial charge in [-0.05, 0) is 43.5 Å². The summed E-state index contributed by atoms with van der Waals surface area (Å²) in [5.41, 5.74) is 1.32. The van der Waals surface area contributed by atoms with Crippen LogP contribution in [0.2, 0.25) is 0 Å². The van der Waals surface area contributed by atoms with Crippen LogP contribution in [-0.4, -0.2) is 25.1 Å². The lowest BCUT2D eigenvalue weighted by Crippen LogP contribution is -2.21. The third kappa shape index (κ3) is 3.19. The molecule has 1 unspecified atom stereocenters. The Morgan fingerprint density at radius 1 is 1.53 bits per heavy atom. The van der Waals surface area contributed by atoms with Gasteiger partial charge in [-0.3, -0.25) is 0 Å². The fourth-order valence-electron chi connectivity index (χ4n) is 2.63. The van der Waals surface area contributed by atoms with E-state index in [1.54, 1.807) is 0 Å². The van der Waals surface area contributed by atoms with Gasteiger partial charge in [0.25, 0.3) is 0 Å². The number of nitrogens with zero attached hydrogens (tertiary/aromatic N) is 2. The van der Waals surface area contributed by atoms with Gasteiger partial charge in [0.05, 0.1) is 0 Å². The van der Waals surface area contributed by atoms with Crippen molar-refractivity contribution in [1.82, 2.24) is 10.3 Å². The molecule has 0 saturated carbocycles. The molecule has 1 aromatic rings. The first-order chi connectivity index (χ1) is 8.33. The second-order valence-electron chi connectivity index (χ2n) is 4.94. The van der Waals surface area contributed by atoms with E-state index in [4.69, 9.17) is 0 Å². The minimum Gasteiger partial charge on any atom is -0.356 e. The van der Waals surface area contributed by atoms with Crippen LogP contribution in [0.15, 0.2) is 18.3 Å². The number of anilines is 1. The fourth-order valence-corrected chi connectivity index (χ4v) is 2.63. The van der Waals surface area contributed by atoms with E-state index in [9.17, 15) is 0 Å². The second-order valence-corrected chi connectivity index (χ2v) is 4.94. The molecule has 1 N–H and O–H groups in total. The number of hydrogen-bond acceptors (Lipinski definition) is 3. The van der Waals surface area contributed by atoms with Crippen LogP contribution in [0.1, 0.15) is 31.7 Å². The Balaban J connectivity index is 2.00. The Morgan fingerprint density at radius 3 is 3.18 bits per heavy atom. The minimum atomic E-state index is 0.870. The van der Waals surface area contributed by atoms with Gasteiger partial charge in [0.2, 0.25) is 0 Å². The molecular weight excluding hydrogens is 210 g/mol. The standard InChI is InChI=1S/C14H23N3/c1-3-4-12-6-8-17(11-12)14-9-13(10-15-2)5-7-16-14/h5,7,9,12,15H,3-4,6,8,10-11H2,1-2H3. The maximum absolute atomic E-state index is 4.50. The Labute approximate surface area is 104 Å². The normalized spacial score (nSPS) is 19.9. The molecule has 0 aromatic carbocycles. The van der Waals surface area contributed by atoms with E-state index in [1.165, 1.54) is 37.9 Å². The van der Waals surface area contributed by atoms with Gasteiger partial charge in [-0.1, -0.05) is 13.3 Å². The second kappa shape index (κ2) is 6.01. The van der Waals surface area contributed by atoms with Crippen molar-refractivity contribution >= 4 is 5.82 Å². The van der Waals surface area contributed by atoms with Gasteiger partial charge in [0, 0.05) is 25.8 Å². The Hall–Kier alpha value is -1.09. The van der Waals surface area contributed by atoms with Gasteiger partial charge in [0.1, 0.15) is 5.82 Å². The third-order valence-electron chi connectivity index (χ3n) is 3.50. The van der Waals surface area contributed by atoms with Gasteiger partial charge >= 0.3 is 0 Å². The van der Waals surface area contributed by atoms with Crippen LogP contribution in [0.3, 0.4) is 0 Å². The summed E-state index contributed by atoms with van der Waals surface area (Å²) >= 11 is 0.